The van der Waals surface area contributed by atoms with E-state index in [2.05, 4.69) is 19.3 Å². The Hall–Kier alpha value is -3.12. The lowest BCUT2D eigenvalue weighted by Crippen LogP contribution is -2.40. The van der Waals surface area contributed by atoms with Gasteiger partial charge in [0.1, 0.15) is 11.3 Å². The predicted octanol–water partition coefficient (Wildman–Crippen LogP) is 2.50. The van der Waals surface area contributed by atoms with E-state index in [1.165, 1.54) is 10.1 Å². The summed E-state index contributed by atoms with van der Waals surface area (Å²) in [5, 5.41) is 11.8. The molecule has 0 saturated heterocycles. The second-order valence-corrected chi connectivity index (χ2v) is 8.50. The van der Waals surface area contributed by atoms with Crippen LogP contribution in [0.25, 0.3) is 11.2 Å². The number of fused-ring (bicyclic) bond motifs is 1. The smallest absolute Gasteiger partial charge is 0.332 e. The van der Waals surface area contributed by atoms with Gasteiger partial charge in [-0.25, -0.2) is 15.0 Å². The van der Waals surface area contributed by atoms with Crippen LogP contribution in [0.3, 0.4) is 0 Å². The first-order valence-corrected chi connectivity index (χ1v) is 11.5. The standard InChI is InChI=1S/C22H25N5O5S/c23-17-8-6-15(7-9-17)10-11-26-20-19(21(28)27(22(26)29)12-13-33-32-31-30)24-18(25-20)14-16-4-2-1-3-5-16/h1-6,8,30H,7,9-14,23H2,(H,24,25). The van der Waals surface area contributed by atoms with E-state index < -0.39 is 11.2 Å². The molecule has 0 atom stereocenters. The number of benzene rings is 1. The second-order valence-electron chi connectivity index (χ2n) is 7.72. The molecule has 4 N–H and O–H groups in total. The van der Waals surface area contributed by atoms with Gasteiger partial charge in [-0.15, -0.1) is 4.33 Å². The van der Waals surface area contributed by atoms with Crippen molar-refractivity contribution in [3.05, 3.63) is 86.0 Å². The maximum absolute atomic E-state index is 13.2. The number of nitrogens with one attached hydrogen (secondary N) is 1. The first-order valence-electron chi connectivity index (χ1n) is 10.6. The lowest BCUT2D eigenvalue weighted by Gasteiger charge is -2.14. The highest BCUT2D eigenvalue weighted by atomic mass is 32.2. The molecule has 2 aromatic heterocycles. The molecule has 11 heteroatoms. The Kier molecular flexibility index (Phi) is 7.45. The number of nitrogens with zero attached hydrogens (tertiary/aromatic N) is 3. The van der Waals surface area contributed by atoms with Gasteiger partial charge in [0, 0.05) is 43.0 Å². The van der Waals surface area contributed by atoms with Crippen molar-refractivity contribution < 1.29 is 14.6 Å². The summed E-state index contributed by atoms with van der Waals surface area (Å²) < 4.78 is 7.05. The van der Waals surface area contributed by atoms with Gasteiger partial charge < -0.3 is 10.7 Å². The van der Waals surface area contributed by atoms with Crippen LogP contribution < -0.4 is 17.0 Å². The molecule has 3 aromatic rings. The number of aromatic nitrogens is 4. The molecule has 0 saturated carbocycles. The lowest BCUT2D eigenvalue weighted by molar-refractivity contribution is -0.432. The second kappa shape index (κ2) is 10.7. The number of hydrogen-bond acceptors (Lipinski definition) is 8. The van der Waals surface area contributed by atoms with Crippen LogP contribution in [0.2, 0.25) is 0 Å². The fourth-order valence-corrected chi connectivity index (χ4v) is 4.20. The molecule has 0 radical (unpaired) electrons. The van der Waals surface area contributed by atoms with Crippen molar-refractivity contribution in [2.75, 3.05) is 5.75 Å². The molecule has 2 heterocycles. The van der Waals surface area contributed by atoms with E-state index in [1.54, 1.807) is 0 Å². The maximum atomic E-state index is 13.2. The normalized spacial score (nSPS) is 13.8. The fourth-order valence-electron chi connectivity index (χ4n) is 3.83. The Morgan fingerprint density at radius 3 is 2.67 bits per heavy atom. The van der Waals surface area contributed by atoms with Crippen molar-refractivity contribution in [2.24, 2.45) is 5.73 Å². The largest absolute Gasteiger partial charge is 0.402 e. The lowest BCUT2D eigenvalue weighted by atomic mass is 10.0. The summed E-state index contributed by atoms with van der Waals surface area (Å²) in [7, 11) is 0. The quantitative estimate of drug-likeness (QED) is 0.177. The zero-order chi connectivity index (χ0) is 23.2. The van der Waals surface area contributed by atoms with Gasteiger partial charge >= 0.3 is 5.69 Å². The number of aromatic amines is 1. The number of nitrogens with two attached hydrogens (primary N) is 1. The van der Waals surface area contributed by atoms with Crippen LogP contribution in [0, 0.1) is 0 Å². The van der Waals surface area contributed by atoms with Crippen molar-refractivity contribution in [3.8, 4) is 0 Å². The van der Waals surface area contributed by atoms with Crippen molar-refractivity contribution >= 4 is 23.2 Å². The average molecular weight is 472 g/mol. The van der Waals surface area contributed by atoms with Crippen LogP contribution in [-0.4, -0.2) is 30.1 Å². The first-order chi connectivity index (χ1) is 16.1. The maximum Gasteiger partial charge on any atom is 0.332 e. The van der Waals surface area contributed by atoms with Crippen LogP contribution in [0.15, 0.2) is 63.3 Å². The van der Waals surface area contributed by atoms with Gasteiger partial charge in [-0.1, -0.05) is 47.0 Å². The molecule has 0 unspecified atom stereocenters. The molecule has 4 rings (SSSR count). The fraction of sp³-hybridized carbons (Fsp3) is 0.318. The molecular formula is C22H25N5O5S. The molecule has 33 heavy (non-hydrogen) atoms. The Labute approximate surface area is 193 Å². The van der Waals surface area contributed by atoms with Gasteiger partial charge in [0.15, 0.2) is 5.65 Å². The third kappa shape index (κ3) is 5.45. The number of H-pyrrole nitrogens is 1. The molecule has 174 valence electrons. The van der Waals surface area contributed by atoms with Crippen LogP contribution in [0.4, 0.5) is 0 Å². The third-order valence-electron chi connectivity index (χ3n) is 5.53. The summed E-state index contributed by atoms with van der Waals surface area (Å²) in [4.78, 5) is 34.1. The SMILES string of the molecule is NC1=CC=C(CCn2c(=O)n(CCSOOO)c(=O)c3[nH]c(Cc4ccccc4)nc32)CC1. The third-order valence-corrected chi connectivity index (χ3v) is 6.03. The number of aryl methyl sites for hydroxylation is 1. The highest BCUT2D eigenvalue weighted by molar-refractivity contribution is 7.94. The van der Waals surface area contributed by atoms with E-state index in [4.69, 9.17) is 11.0 Å². The van der Waals surface area contributed by atoms with Gasteiger partial charge in [-0.05, 0) is 30.9 Å². The van der Waals surface area contributed by atoms with Gasteiger partial charge in [-0.2, -0.15) is 0 Å². The zero-order valence-corrected chi connectivity index (χ0v) is 18.7. The highest BCUT2D eigenvalue weighted by Crippen LogP contribution is 2.19. The molecule has 0 spiro atoms. The van der Waals surface area contributed by atoms with E-state index in [1.807, 2.05) is 42.5 Å². The van der Waals surface area contributed by atoms with E-state index in [9.17, 15) is 9.59 Å². The van der Waals surface area contributed by atoms with E-state index in [0.717, 1.165) is 40.7 Å². The number of allylic oxidation sites excluding steroid dienone is 4. The molecule has 1 aromatic carbocycles. The van der Waals surface area contributed by atoms with Gasteiger partial charge in [0.05, 0.1) is 0 Å². The minimum Gasteiger partial charge on any atom is -0.402 e. The van der Waals surface area contributed by atoms with Crippen molar-refractivity contribution in [1.82, 2.24) is 19.1 Å². The average Bonchev–Trinajstić information content (AvgIpc) is 3.24. The van der Waals surface area contributed by atoms with Crippen LogP contribution in [0.1, 0.15) is 30.7 Å². The molecule has 1 aliphatic rings. The summed E-state index contributed by atoms with van der Waals surface area (Å²) in [6, 6.07) is 9.78. The summed E-state index contributed by atoms with van der Waals surface area (Å²) in [5.74, 6) is 0.833. The molecule has 0 amide bonds. The summed E-state index contributed by atoms with van der Waals surface area (Å²) in [6.07, 6.45) is 6.68. The minimum atomic E-state index is -0.448. The Bertz CT molecular complexity index is 1290. The Morgan fingerprint density at radius 2 is 1.94 bits per heavy atom. The topological polar surface area (TPSA) is 137 Å². The van der Waals surface area contributed by atoms with Crippen molar-refractivity contribution in [1.29, 1.82) is 0 Å². The number of imidazole rings is 1. The zero-order valence-electron chi connectivity index (χ0n) is 17.9. The van der Waals surface area contributed by atoms with Crippen LogP contribution >= 0.6 is 12.0 Å². The Morgan fingerprint density at radius 1 is 1.12 bits per heavy atom. The van der Waals surface area contributed by atoms with E-state index >= 15 is 0 Å². The summed E-state index contributed by atoms with van der Waals surface area (Å²) in [6.45, 7) is 0.463. The molecule has 0 fully saturated rings. The monoisotopic (exact) mass is 471 g/mol. The molecule has 1 aliphatic carbocycles. The van der Waals surface area contributed by atoms with E-state index in [-0.39, 0.29) is 17.8 Å². The van der Waals surface area contributed by atoms with Gasteiger partial charge in [-0.3, -0.25) is 13.9 Å². The number of hydrogen-bond donors (Lipinski definition) is 3. The molecule has 0 bridgehead atoms. The number of rotatable bonds is 10. The first kappa shape index (κ1) is 23.1. The highest BCUT2D eigenvalue weighted by Gasteiger charge is 2.18. The summed E-state index contributed by atoms with van der Waals surface area (Å²) in [5.41, 5.74) is 8.66. The van der Waals surface area contributed by atoms with E-state index in [0.29, 0.717) is 30.9 Å². The Balaban J connectivity index is 1.70. The van der Waals surface area contributed by atoms with Crippen LogP contribution in [0.5, 0.6) is 0 Å². The van der Waals surface area contributed by atoms with Gasteiger partial charge in [0.2, 0.25) is 0 Å². The molecule has 10 nitrogen and oxygen atoms in total. The van der Waals surface area contributed by atoms with Crippen molar-refractivity contribution in [3.63, 3.8) is 0 Å². The minimum absolute atomic E-state index is 0.0800. The predicted molar refractivity (Wildman–Crippen MR) is 125 cm³/mol. The van der Waals surface area contributed by atoms with Crippen LogP contribution in [-0.2, 0) is 28.9 Å². The molecular weight excluding hydrogens is 446 g/mol. The van der Waals surface area contributed by atoms with Crippen molar-refractivity contribution in [2.45, 2.75) is 38.8 Å². The van der Waals surface area contributed by atoms with Gasteiger partial charge in [0.25, 0.3) is 5.56 Å². The summed E-state index contributed by atoms with van der Waals surface area (Å²) >= 11 is 0.787. The molecule has 0 aliphatic heterocycles.